The van der Waals surface area contributed by atoms with E-state index in [-0.39, 0.29) is 22.8 Å². The van der Waals surface area contributed by atoms with E-state index in [4.69, 9.17) is 0 Å². The van der Waals surface area contributed by atoms with Gasteiger partial charge in [0.1, 0.15) is 5.75 Å². The Hall–Kier alpha value is -3.04. The molecule has 0 radical (unpaired) electrons. The van der Waals surface area contributed by atoms with Crippen molar-refractivity contribution in [3.05, 3.63) is 41.7 Å². The molecule has 1 heterocycles. The van der Waals surface area contributed by atoms with Crippen LogP contribution >= 0.6 is 0 Å². The van der Waals surface area contributed by atoms with Crippen molar-refractivity contribution in [3.8, 4) is 5.75 Å². The van der Waals surface area contributed by atoms with Gasteiger partial charge in [-0.3, -0.25) is 14.4 Å². The molecule has 0 aliphatic heterocycles. The quantitative estimate of drug-likeness (QED) is 0.857. The van der Waals surface area contributed by atoms with E-state index in [0.717, 1.165) is 10.9 Å². The van der Waals surface area contributed by atoms with Crippen molar-refractivity contribution in [1.82, 2.24) is 9.78 Å². The number of rotatable bonds is 5. The van der Waals surface area contributed by atoms with Crippen molar-refractivity contribution < 1.29 is 33.0 Å². The number of nitrogens with zero attached hydrogens (tertiary/aromatic N) is 3. The smallest absolute Gasteiger partial charge is 0.471 e. The van der Waals surface area contributed by atoms with Crippen molar-refractivity contribution >= 4 is 17.6 Å². The van der Waals surface area contributed by atoms with E-state index in [1.54, 1.807) is 6.92 Å². The van der Waals surface area contributed by atoms with Gasteiger partial charge in [-0.15, -0.1) is 0 Å². The number of carboxylic acids is 1. The molecule has 0 saturated heterocycles. The summed E-state index contributed by atoms with van der Waals surface area (Å²) in [4.78, 5) is 23.4. The minimum atomic E-state index is -5.23. The zero-order valence-corrected chi connectivity index (χ0v) is 13.0. The third-order valence-electron chi connectivity index (χ3n) is 3.37. The van der Waals surface area contributed by atoms with Gasteiger partial charge < -0.3 is 10.2 Å². The van der Waals surface area contributed by atoms with Gasteiger partial charge in [0.05, 0.1) is 12.2 Å². The SMILES string of the molecule is CCn1cc(N(Cc2ccccc2O)C(=O)C(F)(F)F)c(C(=O)O)n1. The third kappa shape index (κ3) is 3.90. The molecule has 10 heteroatoms. The molecule has 0 bridgehead atoms. The van der Waals surface area contributed by atoms with Crippen LogP contribution in [0.3, 0.4) is 0 Å². The van der Waals surface area contributed by atoms with Crippen LogP contribution in [0.2, 0.25) is 0 Å². The number of aromatic hydroxyl groups is 1. The fourth-order valence-electron chi connectivity index (χ4n) is 2.16. The van der Waals surface area contributed by atoms with Crippen LogP contribution < -0.4 is 4.90 Å². The van der Waals surface area contributed by atoms with Crippen LogP contribution in [-0.2, 0) is 17.9 Å². The Morgan fingerprint density at radius 1 is 1.28 bits per heavy atom. The molecule has 0 fully saturated rings. The first-order valence-corrected chi connectivity index (χ1v) is 7.11. The summed E-state index contributed by atoms with van der Waals surface area (Å²) in [5.41, 5.74) is -1.16. The number of aromatic nitrogens is 2. The zero-order valence-electron chi connectivity index (χ0n) is 13.0. The Bertz CT molecular complexity index is 802. The molecular formula is C15H14F3N3O4. The summed E-state index contributed by atoms with van der Waals surface area (Å²) in [5, 5.41) is 22.6. The molecule has 25 heavy (non-hydrogen) atoms. The van der Waals surface area contributed by atoms with Gasteiger partial charge in [-0.2, -0.15) is 18.3 Å². The monoisotopic (exact) mass is 357 g/mol. The summed E-state index contributed by atoms with van der Waals surface area (Å²) in [6, 6.07) is 5.52. The van der Waals surface area contributed by atoms with Gasteiger partial charge in [0.15, 0.2) is 5.69 Å². The highest BCUT2D eigenvalue weighted by molar-refractivity contribution is 6.02. The molecule has 2 rings (SSSR count). The van der Waals surface area contributed by atoms with Gasteiger partial charge in [-0.05, 0) is 13.0 Å². The fourth-order valence-corrected chi connectivity index (χ4v) is 2.16. The molecule has 1 aromatic heterocycles. The maximum absolute atomic E-state index is 13.0. The number of halogens is 3. The molecule has 0 aliphatic rings. The molecule has 1 aromatic carbocycles. The molecule has 0 unspecified atom stereocenters. The number of aromatic carboxylic acids is 1. The van der Waals surface area contributed by atoms with Crippen molar-refractivity contribution in [2.24, 2.45) is 0 Å². The van der Waals surface area contributed by atoms with Crippen molar-refractivity contribution in [2.45, 2.75) is 26.2 Å². The van der Waals surface area contributed by atoms with Crippen LogP contribution in [0.4, 0.5) is 18.9 Å². The number of para-hydroxylation sites is 1. The van der Waals surface area contributed by atoms with Crippen LogP contribution in [0.5, 0.6) is 5.75 Å². The number of hydrogen-bond acceptors (Lipinski definition) is 4. The number of amides is 1. The number of phenols is 1. The minimum Gasteiger partial charge on any atom is -0.508 e. The second-order valence-corrected chi connectivity index (χ2v) is 5.04. The highest BCUT2D eigenvalue weighted by Crippen LogP contribution is 2.29. The summed E-state index contributed by atoms with van der Waals surface area (Å²) in [5.74, 6) is -4.14. The van der Waals surface area contributed by atoms with Crippen LogP contribution in [0, 0.1) is 0 Å². The maximum Gasteiger partial charge on any atom is 0.471 e. The number of benzene rings is 1. The highest BCUT2D eigenvalue weighted by Gasteiger charge is 2.44. The zero-order chi connectivity index (χ0) is 18.8. The normalized spacial score (nSPS) is 11.4. The van der Waals surface area contributed by atoms with E-state index in [9.17, 15) is 33.0 Å². The fraction of sp³-hybridized carbons (Fsp3) is 0.267. The number of anilines is 1. The summed E-state index contributed by atoms with van der Waals surface area (Å²) in [6.45, 7) is 1.15. The van der Waals surface area contributed by atoms with Gasteiger partial charge in [-0.1, -0.05) is 18.2 Å². The van der Waals surface area contributed by atoms with Crippen LogP contribution in [0.25, 0.3) is 0 Å². The largest absolute Gasteiger partial charge is 0.508 e. The number of carboxylic acid groups (broad SMARTS) is 1. The molecule has 134 valence electrons. The first-order chi connectivity index (χ1) is 11.6. The summed E-state index contributed by atoms with van der Waals surface area (Å²) in [6.07, 6.45) is -4.18. The van der Waals surface area contributed by atoms with Crippen molar-refractivity contribution in [3.63, 3.8) is 0 Å². The molecule has 2 aromatic rings. The minimum absolute atomic E-state index is 0.0284. The molecule has 2 N–H and O–H groups in total. The van der Waals surface area contributed by atoms with Crippen molar-refractivity contribution in [2.75, 3.05) is 4.90 Å². The second kappa shape index (κ2) is 6.83. The van der Waals surface area contributed by atoms with E-state index >= 15 is 0 Å². The third-order valence-corrected chi connectivity index (χ3v) is 3.37. The lowest BCUT2D eigenvalue weighted by molar-refractivity contribution is -0.170. The second-order valence-electron chi connectivity index (χ2n) is 5.04. The number of aryl methyl sites for hydroxylation is 1. The average Bonchev–Trinajstić information content (AvgIpc) is 2.97. The Kier molecular flexibility index (Phi) is 5.00. The molecule has 0 atom stereocenters. The number of carbonyl (C=O) groups excluding carboxylic acids is 1. The lowest BCUT2D eigenvalue weighted by Crippen LogP contribution is -2.41. The predicted molar refractivity (Wildman–Crippen MR) is 80.2 cm³/mol. The van der Waals surface area contributed by atoms with E-state index in [0.29, 0.717) is 0 Å². The number of hydrogen-bond donors (Lipinski definition) is 2. The van der Waals surface area contributed by atoms with Gasteiger partial charge in [0.25, 0.3) is 0 Å². The summed E-state index contributed by atoms with van der Waals surface area (Å²) >= 11 is 0. The van der Waals surface area contributed by atoms with Crippen LogP contribution in [-0.4, -0.2) is 38.0 Å². The van der Waals surface area contributed by atoms with E-state index in [2.05, 4.69) is 5.10 Å². The van der Waals surface area contributed by atoms with Crippen LogP contribution in [0.1, 0.15) is 23.0 Å². The standard InChI is InChI=1S/C15H14F3N3O4/c1-2-20-8-10(12(19-20)13(23)24)21(14(25)15(16,17)18)7-9-5-3-4-6-11(9)22/h3-6,8,22H,2,7H2,1H3,(H,23,24). The average molecular weight is 357 g/mol. The number of carbonyl (C=O) groups is 2. The van der Waals surface area contributed by atoms with Gasteiger partial charge >= 0.3 is 18.1 Å². The van der Waals surface area contributed by atoms with Crippen LogP contribution in [0.15, 0.2) is 30.5 Å². The van der Waals surface area contributed by atoms with Gasteiger partial charge in [0.2, 0.25) is 0 Å². The number of phenolic OH excluding ortho intramolecular Hbond substituents is 1. The van der Waals surface area contributed by atoms with Crippen molar-refractivity contribution in [1.29, 1.82) is 0 Å². The predicted octanol–water partition coefficient (Wildman–Crippen LogP) is 2.40. The molecule has 7 nitrogen and oxygen atoms in total. The highest BCUT2D eigenvalue weighted by atomic mass is 19.4. The van der Waals surface area contributed by atoms with E-state index in [1.807, 2.05) is 0 Å². The Morgan fingerprint density at radius 3 is 2.44 bits per heavy atom. The molecular weight excluding hydrogens is 343 g/mol. The first-order valence-electron chi connectivity index (χ1n) is 7.11. The maximum atomic E-state index is 13.0. The Morgan fingerprint density at radius 2 is 1.92 bits per heavy atom. The molecule has 0 saturated carbocycles. The lowest BCUT2D eigenvalue weighted by atomic mass is 10.1. The van der Waals surface area contributed by atoms with E-state index in [1.165, 1.54) is 24.3 Å². The van der Waals surface area contributed by atoms with E-state index < -0.39 is 36.0 Å². The lowest BCUT2D eigenvalue weighted by Gasteiger charge is -2.23. The topological polar surface area (TPSA) is 95.7 Å². The van der Waals surface area contributed by atoms with Gasteiger partial charge in [-0.25, -0.2) is 4.79 Å². The summed E-state index contributed by atoms with van der Waals surface area (Å²) < 4.78 is 40.1. The molecule has 1 amide bonds. The summed E-state index contributed by atoms with van der Waals surface area (Å²) in [7, 11) is 0. The Labute approximate surface area is 139 Å². The molecule has 0 spiro atoms. The number of alkyl halides is 3. The van der Waals surface area contributed by atoms with Gasteiger partial charge in [0, 0.05) is 18.3 Å². The first kappa shape index (κ1) is 18.3. The molecule has 0 aliphatic carbocycles. The Balaban J connectivity index is 2.56.